The van der Waals surface area contributed by atoms with Crippen molar-refractivity contribution in [2.75, 3.05) is 13.2 Å². The normalized spacial score (nSPS) is 25.1. The largest absolute Gasteiger partial charge is 0.490 e. The molecule has 1 aromatic carbocycles. The molecule has 2 rings (SSSR count). The fourth-order valence-corrected chi connectivity index (χ4v) is 3.01. The summed E-state index contributed by atoms with van der Waals surface area (Å²) in [6, 6.07) is 7.86. The van der Waals surface area contributed by atoms with E-state index in [1.165, 1.54) is 0 Å². The fraction of sp³-hybridized carbons (Fsp3) is 0.625. The van der Waals surface area contributed by atoms with Gasteiger partial charge >= 0.3 is 0 Å². The van der Waals surface area contributed by atoms with Crippen LogP contribution in [0.5, 0.6) is 11.5 Å². The summed E-state index contributed by atoms with van der Waals surface area (Å²) in [4.78, 5) is 0.391. The van der Waals surface area contributed by atoms with E-state index in [-0.39, 0.29) is 12.2 Å². The van der Waals surface area contributed by atoms with Gasteiger partial charge in [0.1, 0.15) is 12.2 Å². The van der Waals surface area contributed by atoms with Crippen LogP contribution in [0.2, 0.25) is 0 Å². The molecule has 0 amide bonds. The van der Waals surface area contributed by atoms with Crippen LogP contribution in [0.3, 0.4) is 0 Å². The molecule has 1 saturated carbocycles. The number of benzene rings is 1. The van der Waals surface area contributed by atoms with Crippen LogP contribution in [0, 0.1) is 0 Å². The molecule has 1 fully saturated rings. The second kappa shape index (κ2) is 7.89. The Balaban J connectivity index is 1.95. The smallest absolute Gasteiger partial charge is 0.161 e. The molecule has 0 saturated heterocycles. The maximum absolute atomic E-state index is 6.08. The molecule has 0 aromatic heterocycles. The quantitative estimate of drug-likeness (QED) is 0.663. The summed E-state index contributed by atoms with van der Waals surface area (Å²) in [6.45, 7) is 5.70. The molecule has 0 aliphatic heterocycles. The van der Waals surface area contributed by atoms with Crippen molar-refractivity contribution in [2.24, 2.45) is 0 Å². The molecule has 3 atom stereocenters. The van der Waals surface area contributed by atoms with Gasteiger partial charge in [0.05, 0.1) is 6.61 Å². The molecule has 0 bridgehead atoms. The van der Waals surface area contributed by atoms with Crippen LogP contribution in [0.1, 0.15) is 33.1 Å². The fourth-order valence-electron chi connectivity index (χ4n) is 2.15. The number of alkyl halides is 1. The topological polar surface area (TPSA) is 27.7 Å². The zero-order valence-corrected chi connectivity index (χ0v) is 13.8. The van der Waals surface area contributed by atoms with Crippen molar-refractivity contribution in [3.63, 3.8) is 0 Å². The van der Waals surface area contributed by atoms with Gasteiger partial charge in [-0.3, -0.25) is 0 Å². The van der Waals surface area contributed by atoms with E-state index in [1.807, 2.05) is 24.3 Å². The summed E-state index contributed by atoms with van der Waals surface area (Å²) in [5.41, 5.74) is 0. The van der Waals surface area contributed by atoms with Gasteiger partial charge in [-0.25, -0.2) is 0 Å². The standard InChI is InChI=1S/C16H23BrO3/c1-3-9-18-13-7-5-6-8-14(13)20-15-11-12(17)16(15)19-10-4-2/h5-8,12,15-16H,3-4,9-11H2,1-2H3. The van der Waals surface area contributed by atoms with Gasteiger partial charge in [0, 0.05) is 17.9 Å². The highest BCUT2D eigenvalue weighted by Gasteiger charge is 2.42. The minimum Gasteiger partial charge on any atom is -0.490 e. The third kappa shape index (κ3) is 3.89. The number of ether oxygens (including phenoxy) is 3. The molecular weight excluding hydrogens is 320 g/mol. The summed E-state index contributed by atoms with van der Waals surface area (Å²) in [5, 5.41) is 0. The molecule has 1 aliphatic carbocycles. The lowest BCUT2D eigenvalue weighted by Crippen LogP contribution is -2.52. The van der Waals surface area contributed by atoms with Crippen LogP contribution in [0.25, 0.3) is 0 Å². The molecule has 0 radical (unpaired) electrons. The van der Waals surface area contributed by atoms with Crippen molar-refractivity contribution in [2.45, 2.75) is 50.1 Å². The first-order chi connectivity index (χ1) is 9.76. The Kier molecular flexibility index (Phi) is 6.17. The van der Waals surface area contributed by atoms with Gasteiger partial charge < -0.3 is 14.2 Å². The van der Waals surface area contributed by atoms with Gasteiger partial charge in [-0.2, -0.15) is 0 Å². The van der Waals surface area contributed by atoms with Gasteiger partial charge in [-0.05, 0) is 25.0 Å². The minimum atomic E-state index is 0.109. The Labute approximate surface area is 129 Å². The van der Waals surface area contributed by atoms with Crippen molar-refractivity contribution < 1.29 is 14.2 Å². The first-order valence-corrected chi connectivity index (χ1v) is 8.32. The van der Waals surface area contributed by atoms with Crippen molar-refractivity contribution in [1.29, 1.82) is 0 Å². The molecule has 0 heterocycles. The lowest BCUT2D eigenvalue weighted by molar-refractivity contribution is -0.0768. The highest BCUT2D eigenvalue weighted by Crippen LogP contribution is 2.37. The van der Waals surface area contributed by atoms with E-state index in [2.05, 4.69) is 29.8 Å². The third-order valence-electron chi connectivity index (χ3n) is 3.28. The summed E-state index contributed by atoms with van der Waals surface area (Å²) in [6.07, 6.45) is 3.23. The van der Waals surface area contributed by atoms with Crippen molar-refractivity contribution in [3.8, 4) is 11.5 Å². The zero-order valence-electron chi connectivity index (χ0n) is 12.2. The van der Waals surface area contributed by atoms with Crippen LogP contribution >= 0.6 is 15.9 Å². The Hall–Kier alpha value is -0.740. The Morgan fingerprint density at radius 3 is 2.45 bits per heavy atom. The average molecular weight is 343 g/mol. The maximum atomic E-state index is 6.08. The van der Waals surface area contributed by atoms with Crippen LogP contribution in [-0.2, 0) is 4.74 Å². The van der Waals surface area contributed by atoms with E-state index in [0.29, 0.717) is 11.4 Å². The maximum Gasteiger partial charge on any atom is 0.161 e. The third-order valence-corrected chi connectivity index (χ3v) is 4.18. The predicted molar refractivity (Wildman–Crippen MR) is 84.0 cm³/mol. The Bertz CT molecular complexity index is 410. The zero-order chi connectivity index (χ0) is 14.4. The summed E-state index contributed by atoms with van der Waals surface area (Å²) in [5.74, 6) is 1.64. The average Bonchev–Trinajstić information content (AvgIpc) is 2.46. The van der Waals surface area contributed by atoms with Crippen LogP contribution in [0.15, 0.2) is 24.3 Å². The van der Waals surface area contributed by atoms with E-state index in [4.69, 9.17) is 14.2 Å². The number of rotatable bonds is 8. The van der Waals surface area contributed by atoms with Gasteiger partial charge in [0.2, 0.25) is 0 Å². The Morgan fingerprint density at radius 1 is 1.10 bits per heavy atom. The SMILES string of the molecule is CCCOc1ccccc1OC1CC(Br)C1OCCC. The highest BCUT2D eigenvalue weighted by molar-refractivity contribution is 9.09. The Morgan fingerprint density at radius 2 is 1.80 bits per heavy atom. The summed E-state index contributed by atoms with van der Waals surface area (Å²) >= 11 is 3.63. The van der Waals surface area contributed by atoms with E-state index >= 15 is 0 Å². The summed E-state index contributed by atoms with van der Waals surface area (Å²) < 4.78 is 17.6. The first-order valence-electron chi connectivity index (χ1n) is 7.40. The van der Waals surface area contributed by atoms with E-state index in [9.17, 15) is 0 Å². The number of halogens is 1. The molecule has 1 aromatic rings. The first kappa shape index (κ1) is 15.6. The second-order valence-electron chi connectivity index (χ2n) is 5.04. The van der Waals surface area contributed by atoms with Gasteiger partial charge in [-0.1, -0.05) is 41.9 Å². The van der Waals surface area contributed by atoms with Crippen molar-refractivity contribution >= 4 is 15.9 Å². The summed E-state index contributed by atoms with van der Waals surface area (Å²) in [7, 11) is 0. The van der Waals surface area contributed by atoms with Crippen LogP contribution < -0.4 is 9.47 Å². The molecule has 3 nitrogen and oxygen atoms in total. The number of hydrogen-bond acceptors (Lipinski definition) is 3. The van der Waals surface area contributed by atoms with Gasteiger partial charge in [-0.15, -0.1) is 0 Å². The monoisotopic (exact) mass is 342 g/mol. The highest BCUT2D eigenvalue weighted by atomic mass is 79.9. The molecule has 112 valence electrons. The molecular formula is C16H23BrO3. The lowest BCUT2D eigenvalue weighted by atomic mass is 9.91. The van der Waals surface area contributed by atoms with Crippen molar-refractivity contribution in [3.05, 3.63) is 24.3 Å². The van der Waals surface area contributed by atoms with E-state index < -0.39 is 0 Å². The predicted octanol–water partition coefficient (Wildman–Crippen LogP) is 4.19. The molecule has 0 N–H and O–H groups in total. The molecule has 0 spiro atoms. The lowest BCUT2D eigenvalue weighted by Gasteiger charge is -2.41. The molecule has 20 heavy (non-hydrogen) atoms. The molecule has 3 unspecified atom stereocenters. The molecule has 4 heteroatoms. The number of hydrogen-bond donors (Lipinski definition) is 0. The molecule has 1 aliphatic rings. The van der Waals surface area contributed by atoms with E-state index in [0.717, 1.165) is 37.4 Å². The number of para-hydroxylation sites is 2. The van der Waals surface area contributed by atoms with Crippen molar-refractivity contribution in [1.82, 2.24) is 0 Å². The van der Waals surface area contributed by atoms with Crippen LogP contribution in [0.4, 0.5) is 0 Å². The van der Waals surface area contributed by atoms with Crippen LogP contribution in [-0.4, -0.2) is 30.2 Å². The van der Waals surface area contributed by atoms with E-state index in [1.54, 1.807) is 0 Å². The second-order valence-corrected chi connectivity index (χ2v) is 6.21. The van der Waals surface area contributed by atoms with Gasteiger partial charge in [0.15, 0.2) is 11.5 Å². The van der Waals surface area contributed by atoms with Gasteiger partial charge in [0.25, 0.3) is 0 Å². The minimum absolute atomic E-state index is 0.109.